The third kappa shape index (κ3) is 3.19. The first-order valence-corrected chi connectivity index (χ1v) is 8.18. The van der Waals surface area contributed by atoms with E-state index in [1.165, 1.54) is 0 Å². The van der Waals surface area contributed by atoms with Crippen LogP contribution in [0.2, 0.25) is 0 Å². The van der Waals surface area contributed by atoms with E-state index in [1.54, 1.807) is 29.3 Å². The van der Waals surface area contributed by atoms with Gasteiger partial charge in [-0.1, -0.05) is 30.0 Å². The Morgan fingerprint density at radius 2 is 2.30 bits per heavy atom. The van der Waals surface area contributed by atoms with Gasteiger partial charge in [-0.25, -0.2) is 4.98 Å². The Morgan fingerprint density at radius 1 is 1.50 bits per heavy atom. The molecule has 0 bridgehead atoms. The Labute approximate surface area is 128 Å². The molecule has 2 rings (SSSR count). The SMILES string of the molecule is CCS/C(=N\C)N(C)c1sc(-c2cccnc2)nc1C. The summed E-state index contributed by atoms with van der Waals surface area (Å²) in [6, 6.07) is 3.96. The van der Waals surface area contributed by atoms with E-state index in [4.69, 9.17) is 0 Å². The Kier molecular flexibility index (Phi) is 5.14. The van der Waals surface area contributed by atoms with Gasteiger partial charge in [0, 0.05) is 32.1 Å². The lowest BCUT2D eigenvalue weighted by molar-refractivity contribution is 1.20. The Morgan fingerprint density at radius 3 is 2.90 bits per heavy atom. The van der Waals surface area contributed by atoms with Crippen LogP contribution in [0.3, 0.4) is 0 Å². The van der Waals surface area contributed by atoms with E-state index >= 15 is 0 Å². The fourth-order valence-corrected chi connectivity index (χ4v) is 3.59. The van der Waals surface area contributed by atoms with E-state index in [-0.39, 0.29) is 0 Å². The molecule has 6 heteroatoms. The van der Waals surface area contributed by atoms with Crippen LogP contribution in [-0.2, 0) is 0 Å². The lowest BCUT2D eigenvalue weighted by Gasteiger charge is -2.18. The van der Waals surface area contributed by atoms with Crippen molar-refractivity contribution in [3.8, 4) is 10.6 Å². The number of aryl methyl sites for hydroxylation is 1. The van der Waals surface area contributed by atoms with Gasteiger partial charge in [-0.05, 0) is 24.8 Å². The van der Waals surface area contributed by atoms with Crippen molar-refractivity contribution in [2.45, 2.75) is 13.8 Å². The highest BCUT2D eigenvalue weighted by Crippen LogP contribution is 2.34. The number of anilines is 1. The topological polar surface area (TPSA) is 41.4 Å². The van der Waals surface area contributed by atoms with Crippen LogP contribution < -0.4 is 4.90 Å². The van der Waals surface area contributed by atoms with E-state index in [9.17, 15) is 0 Å². The smallest absolute Gasteiger partial charge is 0.163 e. The van der Waals surface area contributed by atoms with Crippen LogP contribution in [0.1, 0.15) is 12.6 Å². The van der Waals surface area contributed by atoms with Gasteiger partial charge in [0.1, 0.15) is 10.0 Å². The summed E-state index contributed by atoms with van der Waals surface area (Å²) in [6.07, 6.45) is 3.62. The first-order chi connectivity index (χ1) is 9.67. The number of thiazole rings is 1. The molecule has 0 aliphatic heterocycles. The quantitative estimate of drug-likeness (QED) is 0.640. The predicted octanol–water partition coefficient (Wildman–Crippen LogP) is 3.69. The second kappa shape index (κ2) is 6.85. The summed E-state index contributed by atoms with van der Waals surface area (Å²) in [5.74, 6) is 1.00. The van der Waals surface area contributed by atoms with E-state index < -0.39 is 0 Å². The average molecular weight is 306 g/mol. The van der Waals surface area contributed by atoms with E-state index in [0.29, 0.717) is 0 Å². The number of amidine groups is 1. The largest absolute Gasteiger partial charge is 0.314 e. The number of nitrogens with zero attached hydrogens (tertiary/aromatic N) is 4. The van der Waals surface area contributed by atoms with E-state index in [0.717, 1.165) is 32.2 Å². The fourth-order valence-electron chi connectivity index (χ4n) is 1.84. The Balaban J connectivity index is 2.32. The molecule has 0 aliphatic carbocycles. The van der Waals surface area contributed by atoms with Crippen molar-refractivity contribution >= 4 is 33.3 Å². The maximum Gasteiger partial charge on any atom is 0.163 e. The van der Waals surface area contributed by atoms with Crippen molar-refractivity contribution in [3.63, 3.8) is 0 Å². The molecule has 2 aromatic rings. The van der Waals surface area contributed by atoms with Gasteiger partial charge in [-0.3, -0.25) is 9.98 Å². The molecule has 0 aliphatic rings. The zero-order valence-corrected chi connectivity index (χ0v) is 13.8. The van der Waals surface area contributed by atoms with Crippen LogP contribution in [0.15, 0.2) is 29.5 Å². The molecule has 0 spiro atoms. The fraction of sp³-hybridized carbons (Fsp3) is 0.357. The minimum Gasteiger partial charge on any atom is -0.314 e. The third-order valence-corrected chi connectivity index (χ3v) is 5.02. The van der Waals surface area contributed by atoms with Gasteiger partial charge in [0.05, 0.1) is 5.69 Å². The van der Waals surface area contributed by atoms with Gasteiger partial charge in [0.15, 0.2) is 5.17 Å². The van der Waals surface area contributed by atoms with Crippen molar-refractivity contribution in [2.75, 3.05) is 24.7 Å². The van der Waals surface area contributed by atoms with Gasteiger partial charge in [0.2, 0.25) is 0 Å². The first kappa shape index (κ1) is 15.0. The molecule has 0 N–H and O–H groups in total. The number of hydrogen-bond donors (Lipinski definition) is 0. The maximum absolute atomic E-state index is 4.65. The highest BCUT2D eigenvalue weighted by molar-refractivity contribution is 8.14. The van der Waals surface area contributed by atoms with Crippen molar-refractivity contribution < 1.29 is 0 Å². The molecule has 20 heavy (non-hydrogen) atoms. The van der Waals surface area contributed by atoms with Gasteiger partial charge in [0.25, 0.3) is 0 Å². The monoisotopic (exact) mass is 306 g/mol. The van der Waals surface area contributed by atoms with Crippen LogP contribution in [0, 0.1) is 6.92 Å². The van der Waals surface area contributed by atoms with Crippen molar-refractivity contribution in [1.82, 2.24) is 9.97 Å². The molecule has 0 saturated carbocycles. The average Bonchev–Trinajstić information content (AvgIpc) is 2.87. The molecule has 0 fully saturated rings. The third-order valence-electron chi connectivity index (χ3n) is 2.74. The standard InChI is InChI=1S/C14H18N4S2/c1-5-19-14(15-3)18(4)13-10(2)17-12(20-13)11-7-6-8-16-9-11/h6-9H,5H2,1-4H3/b15-14-. The zero-order chi connectivity index (χ0) is 14.5. The van der Waals surface area contributed by atoms with Crippen molar-refractivity contribution in [2.24, 2.45) is 4.99 Å². The highest BCUT2D eigenvalue weighted by Gasteiger charge is 2.16. The van der Waals surface area contributed by atoms with Gasteiger partial charge < -0.3 is 4.90 Å². The molecular formula is C14H18N4S2. The molecule has 4 nitrogen and oxygen atoms in total. The molecule has 0 unspecified atom stereocenters. The summed E-state index contributed by atoms with van der Waals surface area (Å²) in [5, 5.41) is 3.14. The molecule has 106 valence electrons. The minimum atomic E-state index is 0.995. The second-order valence-corrected chi connectivity index (χ2v) is 6.36. The van der Waals surface area contributed by atoms with Crippen LogP contribution >= 0.6 is 23.1 Å². The summed E-state index contributed by atoms with van der Waals surface area (Å²) in [5.41, 5.74) is 2.08. The molecule has 0 saturated heterocycles. The molecule has 0 amide bonds. The summed E-state index contributed by atoms with van der Waals surface area (Å²) in [6.45, 7) is 4.16. The number of rotatable bonds is 3. The zero-order valence-electron chi connectivity index (χ0n) is 12.1. The predicted molar refractivity (Wildman–Crippen MR) is 90.0 cm³/mol. The maximum atomic E-state index is 4.65. The number of aliphatic imine (C=N–C) groups is 1. The Hall–Kier alpha value is -1.40. The van der Waals surface area contributed by atoms with Crippen LogP contribution in [0.4, 0.5) is 5.00 Å². The lowest BCUT2D eigenvalue weighted by atomic mass is 10.3. The molecule has 2 aromatic heterocycles. The molecule has 0 radical (unpaired) electrons. The van der Waals surface area contributed by atoms with Gasteiger partial charge >= 0.3 is 0 Å². The molecular weight excluding hydrogens is 288 g/mol. The van der Waals surface area contributed by atoms with Crippen LogP contribution in [-0.4, -0.2) is 35.0 Å². The number of pyridine rings is 1. The van der Waals surface area contributed by atoms with Crippen molar-refractivity contribution in [3.05, 3.63) is 30.2 Å². The van der Waals surface area contributed by atoms with E-state index in [1.807, 2.05) is 39.3 Å². The van der Waals surface area contributed by atoms with E-state index in [2.05, 4.69) is 26.8 Å². The second-order valence-electron chi connectivity index (χ2n) is 4.15. The highest BCUT2D eigenvalue weighted by atomic mass is 32.2. The van der Waals surface area contributed by atoms with Crippen LogP contribution in [0.25, 0.3) is 10.6 Å². The van der Waals surface area contributed by atoms with Gasteiger partial charge in [-0.15, -0.1) is 0 Å². The normalized spacial score (nSPS) is 11.7. The molecule has 2 heterocycles. The van der Waals surface area contributed by atoms with Gasteiger partial charge in [-0.2, -0.15) is 0 Å². The van der Waals surface area contributed by atoms with Crippen molar-refractivity contribution in [1.29, 1.82) is 0 Å². The van der Waals surface area contributed by atoms with Crippen LogP contribution in [0.5, 0.6) is 0 Å². The first-order valence-electron chi connectivity index (χ1n) is 6.38. The molecule has 0 atom stereocenters. The summed E-state index contributed by atoms with van der Waals surface area (Å²) in [7, 11) is 3.87. The lowest BCUT2D eigenvalue weighted by Crippen LogP contribution is -2.23. The minimum absolute atomic E-state index is 0.995. The summed E-state index contributed by atoms with van der Waals surface area (Å²) in [4.78, 5) is 15.3. The number of hydrogen-bond acceptors (Lipinski definition) is 5. The number of thioether (sulfide) groups is 1. The Bertz CT molecular complexity index is 592. The number of aromatic nitrogens is 2. The summed E-state index contributed by atoms with van der Waals surface area (Å²) >= 11 is 3.41. The molecule has 0 aromatic carbocycles. The summed E-state index contributed by atoms with van der Waals surface area (Å²) < 4.78 is 0.